The fourth-order valence-corrected chi connectivity index (χ4v) is 4.58. The van der Waals surface area contributed by atoms with Gasteiger partial charge in [0, 0.05) is 23.6 Å². The van der Waals surface area contributed by atoms with Gasteiger partial charge in [0.05, 0.1) is 30.4 Å². The molecule has 3 aromatic carbocycles. The molecule has 0 spiro atoms. The zero-order valence-electron chi connectivity index (χ0n) is 17.4. The third-order valence-electron chi connectivity index (χ3n) is 6.17. The van der Waals surface area contributed by atoms with Crippen molar-refractivity contribution in [3.63, 3.8) is 0 Å². The number of para-hydroxylation sites is 2. The maximum absolute atomic E-state index is 14.8. The second-order valence-corrected chi connectivity index (χ2v) is 8.11. The molecule has 2 N–H and O–H groups in total. The van der Waals surface area contributed by atoms with E-state index in [1.165, 1.54) is 6.07 Å². The summed E-state index contributed by atoms with van der Waals surface area (Å²) in [6.45, 7) is 0. The van der Waals surface area contributed by atoms with Crippen molar-refractivity contribution in [3.8, 4) is 5.75 Å². The minimum Gasteiger partial charge on any atom is -0.497 e. The molecule has 0 amide bonds. The van der Waals surface area contributed by atoms with E-state index in [1.807, 2.05) is 54.6 Å². The molecular formula is C26H22F2N2O2. The first-order valence-corrected chi connectivity index (χ1v) is 10.5. The third-order valence-corrected chi connectivity index (χ3v) is 6.17. The van der Waals surface area contributed by atoms with Crippen LogP contribution in [-0.4, -0.2) is 12.9 Å². The van der Waals surface area contributed by atoms with Gasteiger partial charge in [-0.15, -0.1) is 0 Å². The zero-order valence-corrected chi connectivity index (χ0v) is 17.4. The number of hydrogen-bond donors (Lipinski definition) is 2. The van der Waals surface area contributed by atoms with Gasteiger partial charge in [0.2, 0.25) is 0 Å². The van der Waals surface area contributed by atoms with Gasteiger partial charge in [-0.3, -0.25) is 4.79 Å². The van der Waals surface area contributed by atoms with Gasteiger partial charge >= 0.3 is 0 Å². The van der Waals surface area contributed by atoms with E-state index >= 15 is 0 Å². The molecule has 0 bridgehead atoms. The highest BCUT2D eigenvalue weighted by Gasteiger charge is 2.40. The molecule has 1 aliphatic carbocycles. The first-order valence-electron chi connectivity index (χ1n) is 10.5. The van der Waals surface area contributed by atoms with Crippen LogP contribution in [-0.2, 0) is 4.79 Å². The maximum Gasteiger partial charge on any atom is 0.145 e. The molecule has 5 rings (SSSR count). The van der Waals surface area contributed by atoms with Crippen molar-refractivity contribution in [2.45, 2.75) is 18.4 Å². The smallest absolute Gasteiger partial charge is 0.145 e. The third kappa shape index (κ3) is 3.62. The number of carbonyl (C=O) groups excluding carboxylic acids is 1. The number of nitrogens with one attached hydrogen (secondary N) is 2. The molecule has 2 aliphatic rings. The Bertz CT molecular complexity index is 1210. The van der Waals surface area contributed by atoms with Crippen LogP contribution in [0.2, 0.25) is 0 Å². The van der Waals surface area contributed by atoms with Gasteiger partial charge in [-0.1, -0.05) is 30.3 Å². The SMILES string of the molecule is COc1ccc(C2C=C3Nc4ccccc4NC(c4cc(F)ccc4F)C3C(=O)C2)cc1. The van der Waals surface area contributed by atoms with Crippen molar-refractivity contribution in [1.29, 1.82) is 0 Å². The molecular weight excluding hydrogens is 410 g/mol. The van der Waals surface area contributed by atoms with Crippen LogP contribution in [0.25, 0.3) is 0 Å². The first-order chi connectivity index (χ1) is 15.5. The van der Waals surface area contributed by atoms with Crippen LogP contribution in [0.4, 0.5) is 20.2 Å². The number of Topliss-reactive ketones (excluding diaryl/α,β-unsaturated/α-hetero) is 1. The molecule has 0 fully saturated rings. The monoisotopic (exact) mass is 432 g/mol. The highest BCUT2D eigenvalue weighted by Crippen LogP contribution is 2.45. The Labute approximate surface area is 184 Å². The summed E-state index contributed by atoms with van der Waals surface area (Å²) in [6.07, 6.45) is 2.30. The fraction of sp³-hybridized carbons (Fsp3) is 0.192. The minimum absolute atomic E-state index is 0.0372. The van der Waals surface area contributed by atoms with Crippen LogP contribution in [0, 0.1) is 17.6 Å². The van der Waals surface area contributed by atoms with Crippen LogP contribution in [0.3, 0.4) is 0 Å². The molecule has 0 saturated heterocycles. The van der Waals surface area contributed by atoms with Crippen molar-refractivity contribution in [2.24, 2.45) is 5.92 Å². The van der Waals surface area contributed by atoms with Gasteiger partial charge in [0.15, 0.2) is 0 Å². The predicted molar refractivity (Wildman–Crippen MR) is 120 cm³/mol. The lowest BCUT2D eigenvalue weighted by molar-refractivity contribution is -0.122. The Morgan fingerprint density at radius 3 is 2.47 bits per heavy atom. The molecule has 1 aliphatic heterocycles. The number of benzene rings is 3. The van der Waals surface area contributed by atoms with Crippen molar-refractivity contribution in [3.05, 3.63) is 101 Å². The average molecular weight is 432 g/mol. The van der Waals surface area contributed by atoms with E-state index in [1.54, 1.807) is 7.11 Å². The van der Waals surface area contributed by atoms with Gasteiger partial charge in [0.25, 0.3) is 0 Å². The van der Waals surface area contributed by atoms with Gasteiger partial charge in [-0.25, -0.2) is 8.78 Å². The number of anilines is 2. The van der Waals surface area contributed by atoms with Crippen LogP contribution in [0.1, 0.15) is 29.5 Å². The second kappa shape index (κ2) is 8.11. The van der Waals surface area contributed by atoms with Crippen molar-refractivity contribution >= 4 is 17.2 Å². The Kier molecular flexibility index (Phi) is 5.13. The molecule has 3 atom stereocenters. The largest absolute Gasteiger partial charge is 0.497 e. The number of ether oxygens (including phenoxy) is 1. The number of methoxy groups -OCH3 is 1. The van der Waals surface area contributed by atoms with Gasteiger partial charge < -0.3 is 15.4 Å². The quantitative estimate of drug-likeness (QED) is 0.549. The highest BCUT2D eigenvalue weighted by atomic mass is 19.1. The van der Waals surface area contributed by atoms with E-state index in [2.05, 4.69) is 10.6 Å². The number of fused-ring (bicyclic) bond motifs is 2. The summed E-state index contributed by atoms with van der Waals surface area (Å²) >= 11 is 0. The summed E-state index contributed by atoms with van der Waals surface area (Å²) < 4.78 is 34.1. The molecule has 3 unspecified atom stereocenters. The van der Waals surface area contributed by atoms with Crippen molar-refractivity contribution in [2.75, 3.05) is 17.7 Å². The van der Waals surface area contributed by atoms with E-state index in [0.717, 1.165) is 34.8 Å². The van der Waals surface area contributed by atoms with Crippen molar-refractivity contribution in [1.82, 2.24) is 0 Å². The Morgan fingerprint density at radius 1 is 0.969 bits per heavy atom. The first kappa shape index (κ1) is 20.2. The Balaban J connectivity index is 1.62. The summed E-state index contributed by atoms with van der Waals surface area (Å²) in [5.74, 6) is -1.19. The highest BCUT2D eigenvalue weighted by molar-refractivity contribution is 5.90. The fourth-order valence-electron chi connectivity index (χ4n) is 4.58. The summed E-state index contributed by atoms with van der Waals surface area (Å²) in [7, 11) is 1.61. The molecule has 0 radical (unpaired) electrons. The number of rotatable bonds is 3. The lowest BCUT2D eigenvalue weighted by Crippen LogP contribution is -2.34. The van der Waals surface area contributed by atoms with Gasteiger partial charge in [0.1, 0.15) is 23.2 Å². The van der Waals surface area contributed by atoms with E-state index in [0.29, 0.717) is 5.70 Å². The normalized spacial score (nSPS) is 21.9. The van der Waals surface area contributed by atoms with Crippen LogP contribution in [0.5, 0.6) is 5.75 Å². The van der Waals surface area contributed by atoms with Gasteiger partial charge in [-0.05, 0) is 48.0 Å². The number of hydrogen-bond acceptors (Lipinski definition) is 4. The number of carbonyl (C=O) groups is 1. The van der Waals surface area contributed by atoms with E-state index in [-0.39, 0.29) is 23.7 Å². The summed E-state index contributed by atoms with van der Waals surface area (Å²) in [5.41, 5.74) is 3.33. The molecule has 1 heterocycles. The molecule has 6 heteroatoms. The number of allylic oxidation sites excluding steroid dienone is 1. The van der Waals surface area contributed by atoms with Crippen molar-refractivity contribution < 1.29 is 18.3 Å². The van der Waals surface area contributed by atoms with Crippen LogP contribution < -0.4 is 15.4 Å². The van der Waals surface area contributed by atoms with Crippen LogP contribution >= 0.6 is 0 Å². The predicted octanol–water partition coefficient (Wildman–Crippen LogP) is 5.81. The summed E-state index contributed by atoms with van der Waals surface area (Å²) in [6, 6.07) is 17.7. The summed E-state index contributed by atoms with van der Waals surface area (Å²) in [4.78, 5) is 13.5. The minimum atomic E-state index is -0.739. The van der Waals surface area contributed by atoms with E-state index in [4.69, 9.17) is 4.74 Å². The topological polar surface area (TPSA) is 50.4 Å². The van der Waals surface area contributed by atoms with E-state index < -0.39 is 23.6 Å². The van der Waals surface area contributed by atoms with E-state index in [9.17, 15) is 13.6 Å². The average Bonchev–Trinajstić information content (AvgIpc) is 2.97. The standard InChI is InChI=1S/C26H22F2N2O2/c1-32-18-9-6-15(7-10-18)16-12-23-25(24(31)13-16)26(19-14-17(27)8-11-20(19)28)30-22-5-3-2-4-21(22)29-23/h2-12,14,16,25-26,29-30H,13H2,1H3. The number of halogens is 2. The lowest BCUT2D eigenvalue weighted by Gasteiger charge is -2.32. The zero-order chi connectivity index (χ0) is 22.2. The molecule has 3 aromatic rings. The Hall–Kier alpha value is -3.67. The molecule has 162 valence electrons. The molecule has 0 aromatic heterocycles. The van der Waals surface area contributed by atoms with Gasteiger partial charge in [-0.2, -0.15) is 0 Å². The maximum atomic E-state index is 14.8. The molecule has 4 nitrogen and oxygen atoms in total. The molecule has 0 saturated carbocycles. The Morgan fingerprint density at radius 2 is 1.72 bits per heavy atom. The van der Waals surface area contributed by atoms with Crippen LogP contribution in [0.15, 0.2) is 78.5 Å². The lowest BCUT2D eigenvalue weighted by atomic mass is 9.76. The summed E-state index contributed by atoms with van der Waals surface area (Å²) in [5, 5.41) is 6.68. The molecule has 32 heavy (non-hydrogen) atoms. The second-order valence-electron chi connectivity index (χ2n) is 8.11. The number of ketones is 1.